The predicted octanol–water partition coefficient (Wildman–Crippen LogP) is 4.54. The molecule has 9 heteroatoms. The SMILES string of the molecule is CC(C)n1cnnc1-c1cccc(N(I)C(=O)c2cc(N3C=NC(C4CC4)C3)ccn2)c1. The van der Waals surface area contributed by atoms with Crippen LogP contribution in [0.4, 0.5) is 11.4 Å². The molecule has 8 nitrogen and oxygen atoms in total. The highest BCUT2D eigenvalue weighted by molar-refractivity contribution is 14.1. The number of anilines is 2. The normalized spacial score (nSPS) is 17.9. The number of amides is 1. The summed E-state index contributed by atoms with van der Waals surface area (Å²) in [6.45, 7) is 5.04. The van der Waals surface area contributed by atoms with Gasteiger partial charge < -0.3 is 9.47 Å². The van der Waals surface area contributed by atoms with Gasteiger partial charge >= 0.3 is 0 Å². The molecule has 0 radical (unpaired) electrons. The number of carbonyl (C=O) groups excluding carboxylic acids is 1. The van der Waals surface area contributed by atoms with Crippen LogP contribution in [-0.4, -0.2) is 44.6 Å². The van der Waals surface area contributed by atoms with Crippen molar-refractivity contribution in [2.24, 2.45) is 10.9 Å². The van der Waals surface area contributed by atoms with E-state index in [2.05, 4.69) is 38.9 Å². The third-order valence-corrected chi connectivity index (χ3v) is 6.88. The highest BCUT2D eigenvalue weighted by atomic mass is 127. The van der Waals surface area contributed by atoms with Gasteiger partial charge in [0.2, 0.25) is 0 Å². The first kappa shape index (κ1) is 21.0. The summed E-state index contributed by atoms with van der Waals surface area (Å²) < 4.78 is 3.60. The van der Waals surface area contributed by atoms with Crippen LogP contribution in [0.5, 0.6) is 0 Å². The van der Waals surface area contributed by atoms with Crippen LogP contribution >= 0.6 is 22.9 Å². The van der Waals surface area contributed by atoms with Crippen LogP contribution in [0, 0.1) is 5.92 Å². The molecule has 1 saturated carbocycles. The highest BCUT2D eigenvalue weighted by Gasteiger charge is 2.34. The van der Waals surface area contributed by atoms with Gasteiger partial charge in [0.05, 0.1) is 40.9 Å². The molecule has 1 fully saturated rings. The Bertz CT molecular complexity index is 1170. The molecule has 1 atom stereocenters. The molecule has 1 unspecified atom stereocenters. The molecular formula is C23H24IN7O. The van der Waals surface area contributed by atoms with Crippen LogP contribution in [0.15, 0.2) is 53.9 Å². The lowest BCUT2D eigenvalue weighted by Gasteiger charge is -2.19. The number of aromatic nitrogens is 4. The second kappa shape index (κ2) is 8.61. The van der Waals surface area contributed by atoms with E-state index in [0.29, 0.717) is 11.7 Å². The minimum absolute atomic E-state index is 0.176. The number of aliphatic imine (C=N–C) groups is 1. The molecule has 1 aromatic carbocycles. The number of nitrogens with zero attached hydrogens (tertiary/aromatic N) is 7. The predicted molar refractivity (Wildman–Crippen MR) is 133 cm³/mol. The zero-order valence-corrected chi connectivity index (χ0v) is 20.1. The van der Waals surface area contributed by atoms with E-state index >= 15 is 0 Å². The van der Waals surface area contributed by atoms with Crippen molar-refractivity contribution in [1.82, 2.24) is 19.7 Å². The number of halogens is 1. The van der Waals surface area contributed by atoms with Gasteiger partial charge in [0, 0.05) is 30.0 Å². The first-order valence-corrected chi connectivity index (χ1v) is 11.7. The first-order chi connectivity index (χ1) is 15.5. The number of hydrogen-bond donors (Lipinski definition) is 0. The second-order valence-corrected chi connectivity index (χ2v) is 9.48. The molecular weight excluding hydrogens is 517 g/mol. The molecule has 5 rings (SSSR count). The van der Waals surface area contributed by atoms with Crippen LogP contribution in [0.1, 0.15) is 43.2 Å². The molecule has 32 heavy (non-hydrogen) atoms. The minimum Gasteiger partial charge on any atom is -0.330 e. The summed E-state index contributed by atoms with van der Waals surface area (Å²) in [5.74, 6) is 1.32. The maximum Gasteiger partial charge on any atom is 0.285 e. The second-order valence-electron chi connectivity index (χ2n) is 8.51. The quantitative estimate of drug-likeness (QED) is 0.338. The van der Waals surface area contributed by atoms with Gasteiger partial charge in [-0.15, -0.1) is 10.2 Å². The minimum atomic E-state index is -0.176. The lowest BCUT2D eigenvalue weighted by atomic mass is 10.1. The number of pyridine rings is 1. The zero-order chi connectivity index (χ0) is 22.2. The van der Waals surface area contributed by atoms with Crippen molar-refractivity contribution < 1.29 is 4.79 Å². The molecule has 0 N–H and O–H groups in total. The fourth-order valence-corrected chi connectivity index (χ4v) is 4.46. The van der Waals surface area contributed by atoms with Crippen molar-refractivity contribution in [2.75, 3.05) is 14.6 Å². The van der Waals surface area contributed by atoms with E-state index in [-0.39, 0.29) is 11.9 Å². The summed E-state index contributed by atoms with van der Waals surface area (Å²) in [7, 11) is 0. The molecule has 2 aliphatic rings. The van der Waals surface area contributed by atoms with Crippen molar-refractivity contribution >= 4 is 46.5 Å². The smallest absolute Gasteiger partial charge is 0.285 e. The Kier molecular flexibility index (Phi) is 5.66. The summed E-state index contributed by atoms with van der Waals surface area (Å²) in [6.07, 6.45) is 7.85. The average molecular weight is 541 g/mol. The average Bonchev–Trinajstić information content (AvgIpc) is 3.34. The summed E-state index contributed by atoms with van der Waals surface area (Å²) in [4.78, 5) is 24.3. The van der Waals surface area contributed by atoms with E-state index in [1.165, 1.54) is 12.8 Å². The molecule has 0 bridgehead atoms. The molecule has 1 amide bonds. The van der Waals surface area contributed by atoms with Gasteiger partial charge in [-0.3, -0.25) is 14.8 Å². The number of rotatable bonds is 6. The van der Waals surface area contributed by atoms with E-state index in [4.69, 9.17) is 0 Å². The fourth-order valence-electron chi connectivity index (χ4n) is 3.91. The van der Waals surface area contributed by atoms with Gasteiger partial charge in [0.15, 0.2) is 5.82 Å². The van der Waals surface area contributed by atoms with Crippen molar-refractivity contribution in [2.45, 2.75) is 38.8 Å². The van der Waals surface area contributed by atoms with Gasteiger partial charge in [-0.2, -0.15) is 0 Å². The highest BCUT2D eigenvalue weighted by Crippen LogP contribution is 2.37. The summed E-state index contributed by atoms with van der Waals surface area (Å²) in [5.41, 5.74) is 3.01. The maximum absolute atomic E-state index is 13.2. The Hall–Kier alpha value is -2.82. The van der Waals surface area contributed by atoms with Gasteiger partial charge in [-0.25, -0.2) is 3.11 Å². The molecule has 0 spiro atoms. The monoisotopic (exact) mass is 541 g/mol. The largest absolute Gasteiger partial charge is 0.330 e. The molecule has 3 heterocycles. The van der Waals surface area contributed by atoms with E-state index in [9.17, 15) is 4.79 Å². The topological polar surface area (TPSA) is 79.5 Å². The van der Waals surface area contributed by atoms with Gasteiger partial charge in [-0.05, 0) is 56.9 Å². The lowest BCUT2D eigenvalue weighted by molar-refractivity contribution is 0.101. The molecule has 0 saturated heterocycles. The number of benzene rings is 1. The molecule has 1 aliphatic heterocycles. The van der Waals surface area contributed by atoms with Crippen LogP contribution in [0.2, 0.25) is 0 Å². The third kappa shape index (κ3) is 4.13. The summed E-state index contributed by atoms with van der Waals surface area (Å²) >= 11 is 2.03. The van der Waals surface area contributed by atoms with Crippen LogP contribution in [-0.2, 0) is 0 Å². The Morgan fingerprint density at radius 1 is 1.22 bits per heavy atom. The number of hydrogen-bond acceptors (Lipinski definition) is 6. The van der Waals surface area contributed by atoms with E-state index in [1.807, 2.05) is 70.2 Å². The fraction of sp³-hybridized carbons (Fsp3) is 0.348. The molecule has 1 aliphatic carbocycles. The van der Waals surface area contributed by atoms with Crippen molar-refractivity contribution in [3.05, 3.63) is 54.6 Å². The summed E-state index contributed by atoms with van der Waals surface area (Å²) in [6, 6.07) is 12.1. The van der Waals surface area contributed by atoms with Crippen molar-refractivity contribution in [1.29, 1.82) is 0 Å². The third-order valence-electron chi connectivity index (χ3n) is 5.88. The van der Waals surface area contributed by atoms with Crippen molar-refractivity contribution in [3.8, 4) is 11.4 Å². The van der Waals surface area contributed by atoms with Crippen molar-refractivity contribution in [3.63, 3.8) is 0 Å². The van der Waals surface area contributed by atoms with E-state index in [1.54, 1.807) is 15.6 Å². The Labute approximate surface area is 200 Å². The summed E-state index contributed by atoms with van der Waals surface area (Å²) in [5, 5.41) is 8.32. The van der Waals surface area contributed by atoms with E-state index < -0.39 is 0 Å². The van der Waals surface area contributed by atoms with Crippen LogP contribution in [0.3, 0.4) is 0 Å². The molecule has 164 valence electrons. The Morgan fingerprint density at radius 2 is 2.06 bits per heavy atom. The zero-order valence-electron chi connectivity index (χ0n) is 18.0. The Morgan fingerprint density at radius 3 is 2.84 bits per heavy atom. The van der Waals surface area contributed by atoms with E-state index in [0.717, 1.165) is 35.2 Å². The van der Waals surface area contributed by atoms with Crippen LogP contribution < -0.4 is 8.01 Å². The van der Waals surface area contributed by atoms with Gasteiger partial charge in [0.1, 0.15) is 12.0 Å². The lowest BCUT2D eigenvalue weighted by Crippen LogP contribution is -2.25. The maximum atomic E-state index is 13.2. The first-order valence-electron chi connectivity index (χ1n) is 10.8. The standard InChI is InChI=1S/C23H24IN7O/c1-15(2)30-14-27-28-22(30)17-4-3-5-19(10-17)31(24)23(32)20-11-18(8-9-25-20)29-12-21(26-13-29)16-6-7-16/h3-5,8-11,13-16,21H,6-7,12H2,1-2H3. The molecule has 3 aromatic rings. The van der Waals surface area contributed by atoms with Gasteiger partial charge in [-0.1, -0.05) is 12.1 Å². The van der Waals surface area contributed by atoms with Crippen LogP contribution in [0.25, 0.3) is 11.4 Å². The Balaban J connectivity index is 1.36. The number of carbonyl (C=O) groups is 1. The molecule has 2 aromatic heterocycles. The van der Waals surface area contributed by atoms with Gasteiger partial charge in [0.25, 0.3) is 5.91 Å².